The van der Waals surface area contributed by atoms with Gasteiger partial charge in [-0.25, -0.2) is 8.78 Å². The number of ketones is 1. The molecule has 3 unspecified atom stereocenters. The second kappa shape index (κ2) is 3.01. The van der Waals surface area contributed by atoms with Crippen molar-refractivity contribution in [3.63, 3.8) is 0 Å². The molecule has 0 aliphatic heterocycles. The van der Waals surface area contributed by atoms with Crippen molar-refractivity contribution < 1.29 is 13.6 Å². The minimum atomic E-state index is -2.77. The molecule has 0 aromatic carbocycles. The Morgan fingerprint density at radius 1 is 1.36 bits per heavy atom. The van der Waals surface area contributed by atoms with Crippen LogP contribution in [-0.4, -0.2) is 12.2 Å². The largest absolute Gasteiger partial charge is 0.296 e. The quantitative estimate of drug-likeness (QED) is 0.673. The van der Waals surface area contributed by atoms with Gasteiger partial charge < -0.3 is 0 Å². The van der Waals surface area contributed by atoms with Gasteiger partial charge in [0.05, 0.1) is 0 Å². The lowest BCUT2D eigenvalue weighted by molar-refractivity contribution is -0.155. The Morgan fingerprint density at radius 3 is 2.43 bits per heavy atom. The van der Waals surface area contributed by atoms with Crippen molar-refractivity contribution in [1.82, 2.24) is 0 Å². The van der Waals surface area contributed by atoms with Crippen molar-refractivity contribution >= 4 is 5.78 Å². The van der Waals surface area contributed by atoms with Gasteiger partial charge in [-0.1, -0.05) is 13.8 Å². The first kappa shape index (κ1) is 10.1. The smallest absolute Gasteiger partial charge is 0.293 e. The Labute approximate surface area is 82.9 Å². The molecule has 3 aliphatic rings. The fourth-order valence-corrected chi connectivity index (χ4v) is 3.31. The van der Waals surface area contributed by atoms with Gasteiger partial charge in [0, 0.05) is 5.92 Å². The minimum absolute atomic E-state index is 0.119. The highest BCUT2D eigenvalue weighted by atomic mass is 19.3. The van der Waals surface area contributed by atoms with Crippen LogP contribution in [0.1, 0.15) is 33.1 Å². The van der Waals surface area contributed by atoms with E-state index in [4.69, 9.17) is 0 Å². The standard InChI is InChI=1S/C11H16F2O/c1-11(2)6-3-4-7(8(11)5-6)9(14)10(12)13/h6-8,10H,3-5H2,1-2H3. The number of hydrogen-bond acceptors (Lipinski definition) is 1. The van der Waals surface area contributed by atoms with E-state index in [1.807, 2.05) is 0 Å². The monoisotopic (exact) mass is 202 g/mol. The van der Waals surface area contributed by atoms with Crippen LogP contribution in [0.2, 0.25) is 0 Å². The van der Waals surface area contributed by atoms with Gasteiger partial charge >= 0.3 is 0 Å². The molecule has 0 heterocycles. The molecule has 0 aromatic rings. The van der Waals surface area contributed by atoms with E-state index in [0.717, 1.165) is 12.8 Å². The average molecular weight is 202 g/mol. The predicted octanol–water partition coefficient (Wildman–Crippen LogP) is 2.89. The molecule has 3 fully saturated rings. The van der Waals surface area contributed by atoms with Gasteiger partial charge in [0.2, 0.25) is 5.78 Å². The number of carbonyl (C=O) groups is 1. The topological polar surface area (TPSA) is 17.1 Å². The summed E-state index contributed by atoms with van der Waals surface area (Å²) in [6, 6.07) is 0. The Morgan fingerprint density at radius 2 is 2.00 bits per heavy atom. The third-order valence-electron chi connectivity index (χ3n) is 4.44. The summed E-state index contributed by atoms with van der Waals surface area (Å²) >= 11 is 0. The Kier molecular flexibility index (Phi) is 2.16. The van der Waals surface area contributed by atoms with E-state index >= 15 is 0 Å². The Balaban J connectivity index is 2.11. The molecule has 0 aromatic heterocycles. The number of alkyl halides is 2. The van der Waals surface area contributed by atoms with E-state index in [1.54, 1.807) is 0 Å². The predicted molar refractivity (Wildman–Crippen MR) is 49.1 cm³/mol. The van der Waals surface area contributed by atoms with Crippen LogP contribution in [0, 0.1) is 23.2 Å². The second-order valence-corrected chi connectivity index (χ2v) is 5.25. The molecule has 3 heteroatoms. The van der Waals surface area contributed by atoms with E-state index in [0.29, 0.717) is 12.3 Å². The summed E-state index contributed by atoms with van der Waals surface area (Å²) in [5.74, 6) is -0.312. The molecule has 0 N–H and O–H groups in total. The van der Waals surface area contributed by atoms with Gasteiger partial charge in [-0.2, -0.15) is 0 Å². The number of Topliss-reactive ketones (excluding diaryl/α,β-unsaturated/α-hetero) is 1. The van der Waals surface area contributed by atoms with Gasteiger partial charge in [0.25, 0.3) is 6.43 Å². The fraction of sp³-hybridized carbons (Fsp3) is 0.909. The molecule has 0 amide bonds. The maximum atomic E-state index is 12.3. The van der Waals surface area contributed by atoms with Crippen LogP contribution in [0.5, 0.6) is 0 Å². The Hall–Kier alpha value is -0.470. The lowest BCUT2D eigenvalue weighted by atomic mass is 9.45. The van der Waals surface area contributed by atoms with Crippen LogP contribution < -0.4 is 0 Å². The summed E-state index contributed by atoms with van der Waals surface area (Å²) in [6.07, 6.45) is -0.155. The summed E-state index contributed by atoms with van der Waals surface area (Å²) in [5.41, 5.74) is 0.119. The fourth-order valence-electron chi connectivity index (χ4n) is 3.31. The molecule has 0 saturated heterocycles. The van der Waals surface area contributed by atoms with Gasteiger partial charge in [0.15, 0.2) is 0 Å². The highest BCUT2D eigenvalue weighted by molar-refractivity contribution is 5.84. The number of hydrogen-bond donors (Lipinski definition) is 0. The SMILES string of the molecule is CC1(C)C2CCC(C(=O)C(F)F)C1C2. The summed E-state index contributed by atoms with van der Waals surface area (Å²) in [4.78, 5) is 11.3. The lowest BCUT2D eigenvalue weighted by Crippen LogP contribution is -2.54. The van der Waals surface area contributed by atoms with Crippen LogP contribution in [0.3, 0.4) is 0 Å². The molecule has 3 saturated carbocycles. The maximum Gasteiger partial charge on any atom is 0.296 e. The normalized spacial score (nSPS) is 39.4. The maximum absolute atomic E-state index is 12.3. The van der Waals surface area contributed by atoms with E-state index in [-0.39, 0.29) is 17.3 Å². The molecule has 3 rings (SSSR count). The van der Waals surface area contributed by atoms with Crippen molar-refractivity contribution in [3.8, 4) is 0 Å². The van der Waals surface area contributed by atoms with Crippen molar-refractivity contribution in [2.75, 3.05) is 0 Å². The van der Waals surface area contributed by atoms with E-state index < -0.39 is 12.2 Å². The lowest BCUT2D eigenvalue weighted by Gasteiger charge is -2.59. The highest BCUT2D eigenvalue weighted by Crippen LogP contribution is 2.61. The van der Waals surface area contributed by atoms with Crippen LogP contribution in [-0.2, 0) is 4.79 Å². The number of fused-ring (bicyclic) bond motifs is 2. The van der Waals surface area contributed by atoms with Crippen LogP contribution in [0.25, 0.3) is 0 Å². The van der Waals surface area contributed by atoms with Crippen molar-refractivity contribution in [2.24, 2.45) is 23.2 Å². The van der Waals surface area contributed by atoms with E-state index in [9.17, 15) is 13.6 Å². The zero-order chi connectivity index (χ0) is 10.5. The van der Waals surface area contributed by atoms with Crippen molar-refractivity contribution in [1.29, 1.82) is 0 Å². The van der Waals surface area contributed by atoms with Crippen LogP contribution in [0.15, 0.2) is 0 Å². The van der Waals surface area contributed by atoms with Crippen LogP contribution in [0.4, 0.5) is 8.78 Å². The summed E-state index contributed by atoms with van der Waals surface area (Å²) in [6.45, 7) is 4.22. The molecule has 3 aliphatic carbocycles. The number of carbonyl (C=O) groups excluding carboxylic acids is 1. The third kappa shape index (κ3) is 1.21. The Bertz CT molecular complexity index is 258. The molecule has 80 valence electrons. The highest BCUT2D eigenvalue weighted by Gasteiger charge is 2.56. The number of halogens is 2. The van der Waals surface area contributed by atoms with Crippen molar-refractivity contribution in [2.45, 2.75) is 39.5 Å². The van der Waals surface area contributed by atoms with Gasteiger partial charge in [-0.05, 0) is 36.5 Å². The first-order valence-corrected chi connectivity index (χ1v) is 5.26. The zero-order valence-electron chi connectivity index (χ0n) is 8.59. The molecule has 1 nitrogen and oxygen atoms in total. The van der Waals surface area contributed by atoms with E-state index in [2.05, 4.69) is 13.8 Å². The summed E-state index contributed by atoms with van der Waals surface area (Å²) in [7, 11) is 0. The number of rotatable bonds is 2. The van der Waals surface area contributed by atoms with Gasteiger partial charge in [-0.15, -0.1) is 0 Å². The minimum Gasteiger partial charge on any atom is -0.293 e. The molecule has 0 spiro atoms. The second-order valence-electron chi connectivity index (χ2n) is 5.25. The van der Waals surface area contributed by atoms with Crippen LogP contribution >= 0.6 is 0 Å². The van der Waals surface area contributed by atoms with Crippen molar-refractivity contribution in [3.05, 3.63) is 0 Å². The molecule has 3 atom stereocenters. The van der Waals surface area contributed by atoms with Gasteiger partial charge in [0.1, 0.15) is 0 Å². The molecule has 14 heavy (non-hydrogen) atoms. The first-order valence-electron chi connectivity index (χ1n) is 5.26. The zero-order valence-corrected chi connectivity index (χ0v) is 8.59. The molecule has 2 bridgehead atoms. The third-order valence-corrected chi connectivity index (χ3v) is 4.44. The van der Waals surface area contributed by atoms with Gasteiger partial charge in [-0.3, -0.25) is 4.79 Å². The first-order chi connectivity index (χ1) is 6.44. The molecule has 0 radical (unpaired) electrons. The molecular weight excluding hydrogens is 186 g/mol. The molecular formula is C11H16F2O. The average Bonchev–Trinajstić information content (AvgIpc) is 2.16. The van der Waals surface area contributed by atoms with E-state index in [1.165, 1.54) is 0 Å². The summed E-state index contributed by atoms with van der Waals surface area (Å²) < 4.78 is 24.6. The summed E-state index contributed by atoms with van der Waals surface area (Å²) in [5, 5.41) is 0.